The molecule has 1 unspecified atom stereocenters. The minimum Gasteiger partial charge on any atom is -0.370 e. The summed E-state index contributed by atoms with van der Waals surface area (Å²) >= 11 is 0. The van der Waals surface area contributed by atoms with Gasteiger partial charge in [0.05, 0.1) is 0 Å². The second kappa shape index (κ2) is 9.33. The molecule has 142 valence electrons. The number of nitrogens with two attached hydrogens (primary N) is 1. The lowest BCUT2D eigenvalue weighted by Gasteiger charge is -2.24. The molecule has 1 aliphatic heterocycles. The highest BCUT2D eigenvalue weighted by atomic mass is 16.2. The van der Waals surface area contributed by atoms with E-state index in [1.807, 2.05) is 42.5 Å². The van der Waals surface area contributed by atoms with Gasteiger partial charge >= 0.3 is 0 Å². The lowest BCUT2D eigenvalue weighted by molar-refractivity contribution is -0.118. The quantitative estimate of drug-likeness (QED) is 0.792. The minimum absolute atomic E-state index is 0.0755. The lowest BCUT2D eigenvalue weighted by Crippen LogP contribution is -2.33. The molecule has 0 saturated carbocycles. The van der Waals surface area contributed by atoms with Crippen molar-refractivity contribution in [1.29, 1.82) is 0 Å². The maximum absolute atomic E-state index is 13.0. The van der Waals surface area contributed by atoms with E-state index >= 15 is 0 Å². The van der Waals surface area contributed by atoms with Crippen molar-refractivity contribution in [2.24, 2.45) is 5.73 Å². The molecule has 0 bridgehead atoms. The van der Waals surface area contributed by atoms with Crippen LogP contribution in [-0.4, -0.2) is 36.3 Å². The first kappa shape index (κ1) is 19.1. The number of nitrogens with zero attached hydrogens (tertiary/aromatic N) is 1. The van der Waals surface area contributed by atoms with E-state index in [-0.39, 0.29) is 12.3 Å². The first-order valence-corrected chi connectivity index (χ1v) is 9.55. The van der Waals surface area contributed by atoms with Crippen LogP contribution in [0.4, 0.5) is 0 Å². The fourth-order valence-corrected chi connectivity index (χ4v) is 3.52. The topological polar surface area (TPSA) is 75.4 Å². The van der Waals surface area contributed by atoms with Gasteiger partial charge in [0.15, 0.2) is 0 Å². The molecule has 1 atom stereocenters. The molecule has 1 fully saturated rings. The van der Waals surface area contributed by atoms with Gasteiger partial charge in [0.1, 0.15) is 0 Å². The van der Waals surface area contributed by atoms with E-state index in [2.05, 4.69) is 17.4 Å². The normalized spacial score (nSPS) is 16.7. The molecule has 0 aromatic heterocycles. The van der Waals surface area contributed by atoms with Gasteiger partial charge in [0, 0.05) is 31.6 Å². The van der Waals surface area contributed by atoms with Gasteiger partial charge in [-0.05, 0) is 48.6 Å². The Morgan fingerprint density at radius 3 is 2.44 bits per heavy atom. The molecule has 3 N–H and O–H groups in total. The summed E-state index contributed by atoms with van der Waals surface area (Å²) < 4.78 is 0. The van der Waals surface area contributed by atoms with Crippen molar-refractivity contribution >= 4 is 11.8 Å². The number of primary amides is 1. The maximum atomic E-state index is 13.0. The Morgan fingerprint density at radius 2 is 1.81 bits per heavy atom. The average Bonchev–Trinajstić information content (AvgIpc) is 2.72. The van der Waals surface area contributed by atoms with E-state index in [1.54, 1.807) is 4.90 Å². The van der Waals surface area contributed by atoms with Crippen LogP contribution in [0.1, 0.15) is 46.7 Å². The van der Waals surface area contributed by atoms with Crippen LogP contribution in [0.25, 0.3) is 0 Å². The van der Waals surface area contributed by atoms with Gasteiger partial charge in [0.25, 0.3) is 5.91 Å². The molecule has 1 saturated heterocycles. The van der Waals surface area contributed by atoms with Gasteiger partial charge in [-0.15, -0.1) is 0 Å². The number of carbonyl (C=O) groups is 2. The molecule has 3 rings (SSSR count). The SMILES string of the molecule is NC(=O)CCN(Cc1ccccc1)C(=O)c1ccc(C2CCCNC2)cc1. The first-order chi connectivity index (χ1) is 13.1. The Kier molecular flexibility index (Phi) is 6.60. The number of benzene rings is 2. The van der Waals surface area contributed by atoms with Crippen LogP contribution >= 0.6 is 0 Å². The third-order valence-corrected chi connectivity index (χ3v) is 5.06. The molecule has 1 heterocycles. The van der Waals surface area contributed by atoms with E-state index in [0.29, 0.717) is 24.6 Å². The fraction of sp³-hybridized carbons (Fsp3) is 0.364. The number of carbonyl (C=O) groups excluding carboxylic acids is 2. The summed E-state index contributed by atoms with van der Waals surface area (Å²) in [5.74, 6) is 0.0348. The Labute approximate surface area is 160 Å². The summed E-state index contributed by atoms with van der Waals surface area (Å²) in [4.78, 5) is 25.9. The van der Waals surface area contributed by atoms with Crippen LogP contribution in [0, 0.1) is 0 Å². The molecule has 0 aliphatic carbocycles. The lowest BCUT2D eigenvalue weighted by atomic mass is 9.91. The summed E-state index contributed by atoms with van der Waals surface area (Å²) in [6.45, 7) is 2.85. The third kappa shape index (κ3) is 5.41. The predicted molar refractivity (Wildman–Crippen MR) is 106 cm³/mol. The standard InChI is InChI=1S/C22H27N3O2/c23-21(26)12-14-25(16-17-5-2-1-3-6-17)22(27)19-10-8-18(9-11-19)20-7-4-13-24-15-20/h1-3,5-6,8-11,20,24H,4,7,12-16H2,(H2,23,26). The largest absolute Gasteiger partial charge is 0.370 e. The molecule has 0 radical (unpaired) electrons. The van der Waals surface area contributed by atoms with Crippen LogP contribution in [0.5, 0.6) is 0 Å². The van der Waals surface area contributed by atoms with E-state index in [4.69, 9.17) is 5.73 Å². The molecule has 0 spiro atoms. The average molecular weight is 365 g/mol. The molecular weight excluding hydrogens is 338 g/mol. The second-order valence-electron chi connectivity index (χ2n) is 7.09. The van der Waals surface area contributed by atoms with Crippen molar-refractivity contribution in [3.05, 3.63) is 71.3 Å². The molecule has 5 heteroatoms. The molecular formula is C22H27N3O2. The van der Waals surface area contributed by atoms with Crippen molar-refractivity contribution in [3.8, 4) is 0 Å². The van der Waals surface area contributed by atoms with E-state index in [0.717, 1.165) is 18.7 Å². The van der Waals surface area contributed by atoms with E-state index < -0.39 is 5.91 Å². The van der Waals surface area contributed by atoms with Crippen molar-refractivity contribution in [2.45, 2.75) is 31.7 Å². The Bertz CT molecular complexity index is 753. The van der Waals surface area contributed by atoms with Gasteiger partial charge < -0.3 is 16.0 Å². The number of hydrogen-bond acceptors (Lipinski definition) is 3. The number of piperidine rings is 1. The second-order valence-corrected chi connectivity index (χ2v) is 7.09. The highest BCUT2D eigenvalue weighted by Crippen LogP contribution is 2.23. The van der Waals surface area contributed by atoms with Crippen LogP contribution in [-0.2, 0) is 11.3 Å². The summed E-state index contributed by atoms with van der Waals surface area (Å²) in [5.41, 5.74) is 8.23. The fourth-order valence-electron chi connectivity index (χ4n) is 3.52. The Balaban J connectivity index is 1.72. The predicted octanol–water partition coefficient (Wildman–Crippen LogP) is 2.67. The molecule has 1 aliphatic rings. The van der Waals surface area contributed by atoms with Gasteiger partial charge in [0.2, 0.25) is 5.91 Å². The van der Waals surface area contributed by atoms with Crippen molar-refractivity contribution in [1.82, 2.24) is 10.2 Å². The number of nitrogens with one attached hydrogen (secondary N) is 1. The number of hydrogen-bond donors (Lipinski definition) is 2. The van der Waals surface area contributed by atoms with Gasteiger partial charge in [-0.3, -0.25) is 9.59 Å². The molecule has 2 aromatic rings. The molecule has 2 amide bonds. The third-order valence-electron chi connectivity index (χ3n) is 5.06. The smallest absolute Gasteiger partial charge is 0.254 e. The molecule has 5 nitrogen and oxygen atoms in total. The summed E-state index contributed by atoms with van der Waals surface area (Å²) in [5, 5.41) is 3.42. The zero-order valence-corrected chi connectivity index (χ0v) is 15.6. The van der Waals surface area contributed by atoms with Crippen LogP contribution in [0.15, 0.2) is 54.6 Å². The highest BCUT2D eigenvalue weighted by Gasteiger charge is 2.19. The molecule has 27 heavy (non-hydrogen) atoms. The first-order valence-electron chi connectivity index (χ1n) is 9.55. The number of amides is 2. The highest BCUT2D eigenvalue weighted by molar-refractivity contribution is 5.94. The van der Waals surface area contributed by atoms with Crippen molar-refractivity contribution in [3.63, 3.8) is 0 Å². The Hall–Kier alpha value is -2.66. The van der Waals surface area contributed by atoms with E-state index in [9.17, 15) is 9.59 Å². The monoisotopic (exact) mass is 365 g/mol. The minimum atomic E-state index is -0.402. The van der Waals surface area contributed by atoms with E-state index in [1.165, 1.54) is 18.4 Å². The summed E-state index contributed by atoms with van der Waals surface area (Å²) in [6.07, 6.45) is 2.52. The van der Waals surface area contributed by atoms with Gasteiger partial charge in [-0.2, -0.15) is 0 Å². The zero-order valence-electron chi connectivity index (χ0n) is 15.6. The Morgan fingerprint density at radius 1 is 1.07 bits per heavy atom. The maximum Gasteiger partial charge on any atom is 0.254 e. The summed E-state index contributed by atoms with van der Waals surface area (Å²) in [7, 11) is 0. The van der Waals surface area contributed by atoms with Crippen LogP contribution in [0.2, 0.25) is 0 Å². The van der Waals surface area contributed by atoms with Crippen LogP contribution < -0.4 is 11.1 Å². The summed E-state index contributed by atoms with van der Waals surface area (Å²) in [6, 6.07) is 17.7. The number of rotatable bonds is 7. The van der Waals surface area contributed by atoms with Gasteiger partial charge in [-0.25, -0.2) is 0 Å². The molecule has 2 aromatic carbocycles. The van der Waals surface area contributed by atoms with Gasteiger partial charge in [-0.1, -0.05) is 42.5 Å². The van der Waals surface area contributed by atoms with Crippen LogP contribution in [0.3, 0.4) is 0 Å². The van der Waals surface area contributed by atoms with Crippen molar-refractivity contribution in [2.75, 3.05) is 19.6 Å². The zero-order chi connectivity index (χ0) is 19.1. The van der Waals surface area contributed by atoms with Crippen molar-refractivity contribution < 1.29 is 9.59 Å².